The van der Waals surface area contributed by atoms with Gasteiger partial charge in [-0.25, -0.2) is 0 Å². The number of carbonyl (C=O) groups is 1. The lowest BCUT2D eigenvalue weighted by Gasteiger charge is -2.18. The molecule has 1 N–H and O–H groups in total. The first-order valence-corrected chi connectivity index (χ1v) is 4.32. The zero-order valence-corrected chi connectivity index (χ0v) is 7.27. The van der Waals surface area contributed by atoms with Crippen LogP contribution in [0.25, 0.3) is 0 Å². The molecule has 0 aromatic heterocycles. The fourth-order valence-corrected chi connectivity index (χ4v) is 1.25. The van der Waals surface area contributed by atoms with E-state index in [9.17, 15) is 4.79 Å². The van der Waals surface area contributed by atoms with Crippen molar-refractivity contribution in [1.82, 2.24) is 0 Å². The number of hydrogen-bond acceptors (Lipinski definition) is 3. The summed E-state index contributed by atoms with van der Waals surface area (Å²) in [6, 6.07) is 0. The summed E-state index contributed by atoms with van der Waals surface area (Å²) in [7, 11) is 2.50. The molecule has 1 fully saturated rings. The van der Waals surface area contributed by atoms with Gasteiger partial charge in [-0.15, -0.1) is 9.24 Å². The van der Waals surface area contributed by atoms with Crippen molar-refractivity contribution in [2.24, 2.45) is 0 Å². The van der Waals surface area contributed by atoms with Crippen LogP contribution < -0.4 is 0 Å². The molecular formula is C7H11O3P. The van der Waals surface area contributed by atoms with E-state index >= 15 is 0 Å². The highest BCUT2D eigenvalue weighted by Gasteiger charge is 2.21. The van der Waals surface area contributed by atoms with E-state index < -0.39 is 6.10 Å². The first-order chi connectivity index (χ1) is 5.22. The van der Waals surface area contributed by atoms with Gasteiger partial charge in [-0.05, 0) is 12.2 Å². The van der Waals surface area contributed by atoms with Gasteiger partial charge < -0.3 is 9.84 Å². The zero-order chi connectivity index (χ0) is 8.27. The van der Waals surface area contributed by atoms with E-state index in [0.717, 1.165) is 6.16 Å². The topological polar surface area (TPSA) is 46.5 Å². The van der Waals surface area contributed by atoms with Crippen molar-refractivity contribution in [1.29, 1.82) is 0 Å². The summed E-state index contributed by atoms with van der Waals surface area (Å²) in [4.78, 5) is 10.7. The van der Waals surface area contributed by atoms with Gasteiger partial charge in [-0.2, -0.15) is 0 Å². The third-order valence-electron chi connectivity index (χ3n) is 1.43. The van der Waals surface area contributed by atoms with E-state index in [0.29, 0.717) is 12.2 Å². The number of rotatable bonds is 1. The minimum atomic E-state index is -0.556. The Morgan fingerprint density at radius 3 is 3.00 bits per heavy atom. The molecule has 0 aromatic rings. The largest absolute Gasteiger partial charge is 0.431 e. The smallest absolute Gasteiger partial charge is 0.313 e. The van der Waals surface area contributed by atoms with E-state index in [4.69, 9.17) is 9.84 Å². The van der Waals surface area contributed by atoms with Crippen LogP contribution in [0.4, 0.5) is 0 Å². The monoisotopic (exact) mass is 174 g/mol. The standard InChI is InChI=1S/C7H11O3P/c8-5-3-6(1-2-11)10-7(9)4-5/h1,5,8H,2-4,11H2/t5-/m1/s1. The molecule has 1 heterocycles. The molecule has 4 heteroatoms. The molecule has 2 atom stereocenters. The molecule has 11 heavy (non-hydrogen) atoms. The summed E-state index contributed by atoms with van der Waals surface area (Å²) in [6.45, 7) is 0. The third-order valence-corrected chi connectivity index (χ3v) is 1.67. The van der Waals surface area contributed by atoms with Crippen molar-refractivity contribution in [3.8, 4) is 0 Å². The Morgan fingerprint density at radius 1 is 1.73 bits per heavy atom. The number of allylic oxidation sites excluding steroid dienone is 1. The Kier molecular flexibility index (Phi) is 3.03. The van der Waals surface area contributed by atoms with E-state index in [-0.39, 0.29) is 12.4 Å². The summed E-state index contributed by atoms with van der Waals surface area (Å²) < 4.78 is 4.85. The SMILES string of the molecule is O=C1C[C@H](O)CC(=CCP)O1. The molecule has 0 saturated carbocycles. The van der Waals surface area contributed by atoms with Crippen LogP contribution in [0, 0.1) is 0 Å². The van der Waals surface area contributed by atoms with Gasteiger partial charge in [0.1, 0.15) is 5.76 Å². The van der Waals surface area contributed by atoms with E-state index in [2.05, 4.69) is 9.24 Å². The molecular weight excluding hydrogens is 163 g/mol. The van der Waals surface area contributed by atoms with Crippen molar-refractivity contribution in [2.45, 2.75) is 18.9 Å². The second-order valence-electron chi connectivity index (χ2n) is 2.44. The van der Waals surface area contributed by atoms with Gasteiger partial charge in [-0.3, -0.25) is 4.79 Å². The maximum atomic E-state index is 10.7. The lowest BCUT2D eigenvalue weighted by atomic mass is 10.1. The normalized spacial score (nSPS) is 28.7. The molecule has 0 bridgehead atoms. The van der Waals surface area contributed by atoms with Crippen LogP contribution in [0.1, 0.15) is 12.8 Å². The molecule has 3 nitrogen and oxygen atoms in total. The van der Waals surface area contributed by atoms with Gasteiger partial charge in [-0.1, -0.05) is 0 Å². The highest BCUT2D eigenvalue weighted by Crippen LogP contribution is 2.17. The molecule has 0 spiro atoms. The summed E-state index contributed by atoms with van der Waals surface area (Å²) in [5.74, 6) is 0.247. The van der Waals surface area contributed by atoms with E-state index in [1.54, 1.807) is 6.08 Å². The minimum Gasteiger partial charge on any atom is -0.431 e. The molecule has 1 aliphatic rings. The average Bonchev–Trinajstić information content (AvgIpc) is 1.85. The molecule has 1 aliphatic heterocycles. The van der Waals surface area contributed by atoms with Gasteiger partial charge in [0.15, 0.2) is 0 Å². The highest BCUT2D eigenvalue weighted by atomic mass is 31.0. The second-order valence-corrected chi connectivity index (χ2v) is 2.91. The van der Waals surface area contributed by atoms with Gasteiger partial charge in [0.2, 0.25) is 0 Å². The number of aliphatic hydroxyl groups excluding tert-OH is 1. The summed E-state index contributed by atoms with van der Waals surface area (Å²) in [6.07, 6.45) is 2.55. The number of hydrogen-bond donors (Lipinski definition) is 1. The van der Waals surface area contributed by atoms with Gasteiger partial charge in [0.25, 0.3) is 0 Å². The lowest BCUT2D eigenvalue weighted by molar-refractivity contribution is -0.145. The quantitative estimate of drug-likeness (QED) is 0.463. The predicted molar refractivity (Wildman–Crippen MR) is 44.0 cm³/mol. The fraction of sp³-hybridized carbons (Fsp3) is 0.571. The van der Waals surface area contributed by atoms with Crippen LogP contribution in [-0.4, -0.2) is 23.3 Å². The van der Waals surface area contributed by atoms with Crippen LogP contribution >= 0.6 is 9.24 Å². The number of carbonyl (C=O) groups excluding carboxylic acids is 1. The Morgan fingerprint density at radius 2 is 2.45 bits per heavy atom. The molecule has 1 unspecified atom stereocenters. The molecule has 0 radical (unpaired) electrons. The molecule has 1 rings (SSSR count). The minimum absolute atomic E-state index is 0.119. The number of ether oxygens (including phenoxy) is 1. The zero-order valence-electron chi connectivity index (χ0n) is 6.12. The summed E-state index contributed by atoms with van der Waals surface area (Å²) >= 11 is 0. The van der Waals surface area contributed by atoms with Gasteiger partial charge >= 0.3 is 5.97 Å². The maximum Gasteiger partial charge on any atom is 0.313 e. The predicted octanol–water partition coefficient (Wildman–Crippen LogP) is 0.443. The lowest BCUT2D eigenvalue weighted by Crippen LogP contribution is -2.23. The summed E-state index contributed by atoms with van der Waals surface area (Å²) in [5.41, 5.74) is 0. The Bertz CT molecular complexity index is 188. The first-order valence-electron chi connectivity index (χ1n) is 3.50. The number of esters is 1. The van der Waals surface area contributed by atoms with Crippen molar-refractivity contribution in [3.05, 3.63) is 11.8 Å². The van der Waals surface area contributed by atoms with Crippen LogP contribution in [-0.2, 0) is 9.53 Å². The fourth-order valence-electron chi connectivity index (χ4n) is 0.983. The van der Waals surface area contributed by atoms with Gasteiger partial charge in [0.05, 0.1) is 12.5 Å². The van der Waals surface area contributed by atoms with Crippen molar-refractivity contribution >= 4 is 15.2 Å². The van der Waals surface area contributed by atoms with Crippen molar-refractivity contribution in [2.75, 3.05) is 6.16 Å². The van der Waals surface area contributed by atoms with Crippen molar-refractivity contribution < 1.29 is 14.6 Å². The average molecular weight is 174 g/mol. The molecule has 0 aromatic carbocycles. The molecule has 0 aliphatic carbocycles. The third kappa shape index (κ3) is 2.60. The van der Waals surface area contributed by atoms with Gasteiger partial charge in [0, 0.05) is 6.42 Å². The summed E-state index contributed by atoms with van der Waals surface area (Å²) in [5, 5.41) is 9.13. The van der Waals surface area contributed by atoms with E-state index in [1.807, 2.05) is 0 Å². The number of aliphatic hydroxyl groups is 1. The Balaban J connectivity index is 2.56. The highest BCUT2D eigenvalue weighted by molar-refractivity contribution is 7.16. The van der Waals surface area contributed by atoms with Crippen LogP contribution in [0.2, 0.25) is 0 Å². The van der Waals surface area contributed by atoms with Crippen molar-refractivity contribution in [3.63, 3.8) is 0 Å². The second kappa shape index (κ2) is 3.84. The van der Waals surface area contributed by atoms with Crippen LogP contribution in [0.5, 0.6) is 0 Å². The Labute approximate surface area is 67.6 Å². The van der Waals surface area contributed by atoms with E-state index in [1.165, 1.54) is 0 Å². The molecule has 62 valence electrons. The molecule has 0 amide bonds. The Hall–Kier alpha value is -0.400. The number of cyclic esters (lactones) is 1. The maximum absolute atomic E-state index is 10.7. The first kappa shape index (κ1) is 8.69. The molecule has 1 saturated heterocycles. The van der Waals surface area contributed by atoms with Crippen LogP contribution in [0.3, 0.4) is 0 Å². The van der Waals surface area contributed by atoms with Crippen LogP contribution in [0.15, 0.2) is 11.8 Å².